The Balaban J connectivity index is 1.13. The number of rotatable bonds is 5. The molecule has 4 nitrogen and oxygen atoms in total. The van der Waals surface area contributed by atoms with Crippen molar-refractivity contribution in [2.45, 2.75) is 19.3 Å². The third kappa shape index (κ3) is 5.10. The van der Waals surface area contributed by atoms with Crippen molar-refractivity contribution in [1.29, 1.82) is 0 Å². The zero-order valence-electron chi connectivity index (χ0n) is 31.0. The van der Waals surface area contributed by atoms with Crippen molar-refractivity contribution in [3.8, 4) is 67.5 Å². The highest BCUT2D eigenvalue weighted by Crippen LogP contribution is 2.49. The lowest BCUT2D eigenvalue weighted by Crippen LogP contribution is -2.15. The smallest absolute Gasteiger partial charge is 0.164 e. The fraction of sp³-hybridized carbons (Fsp3) is 0.0577. The molecular weight excluding hydrogens is 683 g/mol. The van der Waals surface area contributed by atoms with Gasteiger partial charge in [0.15, 0.2) is 17.5 Å². The molecule has 0 amide bonds. The minimum atomic E-state index is -0.157. The second kappa shape index (κ2) is 12.4. The van der Waals surface area contributed by atoms with Crippen LogP contribution in [0.25, 0.3) is 100 Å². The molecule has 8 aromatic carbocycles. The van der Waals surface area contributed by atoms with Gasteiger partial charge in [-0.25, -0.2) is 15.0 Å². The molecule has 2 aromatic heterocycles. The van der Waals surface area contributed by atoms with Gasteiger partial charge in [0.2, 0.25) is 0 Å². The summed E-state index contributed by atoms with van der Waals surface area (Å²) < 4.78 is 6.62. The number of furan rings is 1. The van der Waals surface area contributed by atoms with Crippen molar-refractivity contribution in [1.82, 2.24) is 15.0 Å². The van der Waals surface area contributed by atoms with Crippen LogP contribution in [0.4, 0.5) is 0 Å². The first-order valence-electron chi connectivity index (χ1n) is 19.1. The van der Waals surface area contributed by atoms with E-state index in [1.54, 1.807) is 0 Å². The van der Waals surface area contributed by atoms with Gasteiger partial charge in [-0.2, -0.15) is 0 Å². The zero-order chi connectivity index (χ0) is 37.4. The van der Waals surface area contributed by atoms with E-state index in [1.807, 2.05) is 12.1 Å². The summed E-state index contributed by atoms with van der Waals surface area (Å²) in [5.41, 5.74) is 14.1. The highest BCUT2D eigenvalue weighted by molar-refractivity contribution is 6.19. The third-order valence-corrected chi connectivity index (χ3v) is 11.6. The molecule has 0 atom stereocenters. The van der Waals surface area contributed by atoms with Crippen LogP contribution in [0, 0.1) is 0 Å². The van der Waals surface area contributed by atoms with Gasteiger partial charge in [0.05, 0.1) is 0 Å². The van der Waals surface area contributed by atoms with Crippen LogP contribution in [0.1, 0.15) is 25.0 Å². The summed E-state index contributed by atoms with van der Waals surface area (Å²) in [6, 6.07) is 61.9. The molecule has 4 heteroatoms. The van der Waals surface area contributed by atoms with Gasteiger partial charge in [-0.3, -0.25) is 0 Å². The van der Waals surface area contributed by atoms with Crippen LogP contribution >= 0.6 is 0 Å². The van der Waals surface area contributed by atoms with Crippen LogP contribution in [-0.4, -0.2) is 15.0 Å². The summed E-state index contributed by atoms with van der Waals surface area (Å²) in [4.78, 5) is 15.8. The van der Waals surface area contributed by atoms with Gasteiger partial charge in [-0.15, -0.1) is 0 Å². The van der Waals surface area contributed by atoms with E-state index >= 15 is 0 Å². The number of nitrogens with zero attached hydrogens (tertiary/aromatic N) is 3. The number of fused-ring (bicyclic) bond motifs is 8. The Labute approximate surface area is 324 Å². The maximum absolute atomic E-state index is 6.62. The van der Waals surface area contributed by atoms with Crippen molar-refractivity contribution in [3.05, 3.63) is 187 Å². The molecule has 2 heterocycles. The molecule has 0 unspecified atom stereocenters. The minimum Gasteiger partial charge on any atom is -0.455 e. The molecule has 11 rings (SSSR count). The molecule has 0 saturated carbocycles. The first-order valence-corrected chi connectivity index (χ1v) is 19.1. The normalized spacial score (nSPS) is 13.0. The SMILES string of the molecule is CC1(C)c2ccccc2-c2ccc(-c3nc(-c4ccc(-c5ccccc5)cc4)nc(-c4cc5c6cc(-c7ccccc7)ccc6oc5c5ccccc45)n3)cc21. The summed E-state index contributed by atoms with van der Waals surface area (Å²) >= 11 is 0. The quantitative estimate of drug-likeness (QED) is 0.178. The zero-order valence-corrected chi connectivity index (χ0v) is 31.0. The van der Waals surface area contributed by atoms with Crippen LogP contribution in [0.2, 0.25) is 0 Å². The van der Waals surface area contributed by atoms with E-state index in [1.165, 1.54) is 27.8 Å². The summed E-state index contributed by atoms with van der Waals surface area (Å²) in [7, 11) is 0. The highest BCUT2D eigenvalue weighted by atomic mass is 16.3. The molecule has 0 spiro atoms. The van der Waals surface area contributed by atoms with Crippen molar-refractivity contribution < 1.29 is 4.42 Å². The maximum Gasteiger partial charge on any atom is 0.164 e. The van der Waals surface area contributed by atoms with E-state index in [2.05, 4.69) is 178 Å². The Morgan fingerprint density at radius 3 is 1.68 bits per heavy atom. The van der Waals surface area contributed by atoms with Gasteiger partial charge in [-0.05, 0) is 74.2 Å². The molecular formula is C52H35N3O. The predicted molar refractivity (Wildman–Crippen MR) is 229 cm³/mol. The summed E-state index contributed by atoms with van der Waals surface area (Å²) in [5, 5.41) is 4.12. The summed E-state index contributed by atoms with van der Waals surface area (Å²) in [6.07, 6.45) is 0. The second-order valence-corrected chi connectivity index (χ2v) is 15.2. The topological polar surface area (TPSA) is 51.8 Å². The van der Waals surface area contributed by atoms with Gasteiger partial charge in [-0.1, -0.05) is 166 Å². The van der Waals surface area contributed by atoms with Crippen LogP contribution in [0.3, 0.4) is 0 Å². The number of benzene rings is 8. The fourth-order valence-corrected chi connectivity index (χ4v) is 8.63. The molecule has 0 fully saturated rings. The Hall–Kier alpha value is -7.17. The summed E-state index contributed by atoms with van der Waals surface area (Å²) in [5.74, 6) is 1.88. The number of hydrogen-bond donors (Lipinski definition) is 0. The van der Waals surface area contributed by atoms with Gasteiger partial charge in [0, 0.05) is 38.3 Å². The molecule has 0 radical (unpaired) electrons. The maximum atomic E-state index is 6.62. The van der Waals surface area contributed by atoms with Gasteiger partial charge in [0.1, 0.15) is 11.2 Å². The molecule has 10 aromatic rings. The van der Waals surface area contributed by atoms with Gasteiger partial charge >= 0.3 is 0 Å². The van der Waals surface area contributed by atoms with E-state index < -0.39 is 0 Å². The van der Waals surface area contributed by atoms with Crippen molar-refractivity contribution in [2.24, 2.45) is 0 Å². The van der Waals surface area contributed by atoms with Crippen molar-refractivity contribution >= 4 is 32.7 Å². The van der Waals surface area contributed by atoms with E-state index in [4.69, 9.17) is 19.4 Å². The van der Waals surface area contributed by atoms with Crippen LogP contribution in [0.5, 0.6) is 0 Å². The van der Waals surface area contributed by atoms with E-state index in [-0.39, 0.29) is 5.41 Å². The molecule has 1 aliphatic rings. The lowest BCUT2D eigenvalue weighted by atomic mass is 9.82. The Morgan fingerprint density at radius 2 is 0.911 bits per heavy atom. The van der Waals surface area contributed by atoms with Crippen LogP contribution in [0.15, 0.2) is 180 Å². The Bertz CT molecular complexity index is 3140. The van der Waals surface area contributed by atoms with Crippen LogP contribution in [-0.2, 0) is 5.41 Å². The van der Waals surface area contributed by atoms with Crippen molar-refractivity contribution in [2.75, 3.05) is 0 Å². The van der Waals surface area contributed by atoms with Gasteiger partial charge < -0.3 is 4.42 Å². The monoisotopic (exact) mass is 717 g/mol. The molecule has 0 N–H and O–H groups in total. The first kappa shape index (κ1) is 32.3. The van der Waals surface area contributed by atoms with E-state index in [0.29, 0.717) is 17.5 Å². The first-order chi connectivity index (χ1) is 27.5. The average Bonchev–Trinajstić information content (AvgIpc) is 3.75. The molecule has 56 heavy (non-hydrogen) atoms. The van der Waals surface area contributed by atoms with Gasteiger partial charge in [0.25, 0.3) is 0 Å². The van der Waals surface area contributed by atoms with E-state index in [0.717, 1.165) is 66.1 Å². The van der Waals surface area contributed by atoms with Crippen molar-refractivity contribution in [3.63, 3.8) is 0 Å². The standard InChI is InChI=1S/C52H35N3O/c1-52(2)45-20-12-11-18-39(45)40-27-25-37(30-46(40)52)50-53-49(35-23-21-34(22-24-35)32-13-5-3-6-14-32)54-51(55-50)44-31-43-42-29-36(33-15-7-4-8-16-33)26-28-47(42)56-48(43)41-19-10-9-17-38(41)44/h3-31H,1-2H3. The number of hydrogen-bond acceptors (Lipinski definition) is 4. The average molecular weight is 718 g/mol. The Morgan fingerprint density at radius 1 is 0.357 bits per heavy atom. The molecule has 0 saturated heterocycles. The Kier molecular flexibility index (Phi) is 7.17. The third-order valence-electron chi connectivity index (χ3n) is 11.6. The largest absolute Gasteiger partial charge is 0.455 e. The molecule has 0 bridgehead atoms. The predicted octanol–water partition coefficient (Wildman–Crippen LogP) is 13.6. The second-order valence-electron chi connectivity index (χ2n) is 15.2. The van der Waals surface area contributed by atoms with E-state index in [9.17, 15) is 0 Å². The molecule has 1 aliphatic carbocycles. The minimum absolute atomic E-state index is 0.157. The van der Waals surface area contributed by atoms with Crippen LogP contribution < -0.4 is 0 Å². The number of aromatic nitrogens is 3. The molecule has 0 aliphatic heterocycles. The highest BCUT2D eigenvalue weighted by Gasteiger charge is 2.35. The lowest BCUT2D eigenvalue weighted by Gasteiger charge is -2.21. The fourth-order valence-electron chi connectivity index (χ4n) is 8.63. The lowest BCUT2D eigenvalue weighted by molar-refractivity contribution is 0.660. The summed E-state index contributed by atoms with van der Waals surface area (Å²) in [6.45, 7) is 4.61. The molecule has 264 valence electrons.